The summed E-state index contributed by atoms with van der Waals surface area (Å²) in [5.41, 5.74) is 6.92. The summed E-state index contributed by atoms with van der Waals surface area (Å²) in [5, 5.41) is 0. The van der Waals surface area contributed by atoms with Gasteiger partial charge in [0.05, 0.1) is 0 Å². The van der Waals surface area contributed by atoms with Crippen LogP contribution in [-0.2, 0) is 0 Å². The molecular formula is C47H42N10. The molecule has 0 spiro atoms. The first-order valence-electron chi connectivity index (χ1n) is 19.2. The summed E-state index contributed by atoms with van der Waals surface area (Å²) >= 11 is 0. The van der Waals surface area contributed by atoms with Gasteiger partial charge in [-0.15, -0.1) is 0 Å². The van der Waals surface area contributed by atoms with Crippen molar-refractivity contribution >= 4 is 0 Å². The van der Waals surface area contributed by atoms with E-state index in [0.29, 0.717) is 40.8 Å². The van der Waals surface area contributed by atoms with E-state index >= 15 is 0 Å². The minimum atomic E-state index is 0.0331. The average Bonchev–Trinajstić information content (AvgIpc) is 3.26. The fourth-order valence-corrected chi connectivity index (χ4v) is 6.28. The van der Waals surface area contributed by atoms with E-state index < -0.39 is 0 Å². The third-order valence-corrected chi connectivity index (χ3v) is 9.39. The molecule has 0 aliphatic rings. The first kappa shape index (κ1) is 37.0. The molecule has 0 unspecified atom stereocenters. The van der Waals surface area contributed by atoms with Crippen LogP contribution in [0.2, 0.25) is 0 Å². The maximum absolute atomic E-state index is 5.14. The third-order valence-electron chi connectivity index (χ3n) is 9.39. The van der Waals surface area contributed by atoms with Crippen molar-refractivity contribution in [3.05, 3.63) is 145 Å². The zero-order valence-electron chi connectivity index (χ0n) is 32.8. The van der Waals surface area contributed by atoms with Gasteiger partial charge in [0.1, 0.15) is 17.5 Å². The normalized spacial score (nSPS) is 11.5. The van der Waals surface area contributed by atoms with E-state index in [-0.39, 0.29) is 17.8 Å². The number of hydrogen-bond acceptors (Lipinski definition) is 10. The van der Waals surface area contributed by atoms with E-state index in [0.717, 1.165) is 56.2 Å². The number of aromatic nitrogens is 10. The lowest BCUT2D eigenvalue weighted by Crippen LogP contribution is -2.08. The van der Waals surface area contributed by atoms with Gasteiger partial charge in [-0.1, -0.05) is 126 Å². The van der Waals surface area contributed by atoms with Crippen molar-refractivity contribution in [1.82, 2.24) is 49.8 Å². The van der Waals surface area contributed by atoms with E-state index in [4.69, 9.17) is 44.9 Å². The van der Waals surface area contributed by atoms with Crippen molar-refractivity contribution in [3.8, 4) is 79.5 Å². The summed E-state index contributed by atoms with van der Waals surface area (Å²) in [6, 6.07) is 38.2. The topological polar surface area (TPSA) is 129 Å². The average molecular weight is 747 g/mol. The molecule has 280 valence electrons. The van der Waals surface area contributed by atoms with Gasteiger partial charge in [-0.3, -0.25) is 4.98 Å². The van der Waals surface area contributed by atoms with Crippen LogP contribution in [0.1, 0.15) is 76.8 Å². The Balaban J connectivity index is 1.30. The van der Waals surface area contributed by atoms with Crippen LogP contribution < -0.4 is 0 Å². The minimum Gasteiger partial charge on any atom is -0.264 e. The second kappa shape index (κ2) is 16.0. The summed E-state index contributed by atoms with van der Waals surface area (Å²) in [5.74, 6) is 5.98. The highest BCUT2D eigenvalue weighted by Gasteiger charge is 2.19. The number of rotatable bonds is 10. The van der Waals surface area contributed by atoms with Crippen LogP contribution in [-0.4, -0.2) is 49.8 Å². The first-order chi connectivity index (χ1) is 27.7. The van der Waals surface area contributed by atoms with Gasteiger partial charge < -0.3 is 0 Å². The maximum atomic E-state index is 5.14. The third kappa shape index (κ3) is 8.21. The zero-order chi connectivity index (χ0) is 39.5. The van der Waals surface area contributed by atoms with Gasteiger partial charge in [0.2, 0.25) is 0 Å². The largest absolute Gasteiger partial charge is 0.264 e. The molecule has 4 heterocycles. The summed E-state index contributed by atoms with van der Waals surface area (Å²) in [6.45, 7) is 12.6. The molecule has 0 aliphatic heterocycles. The molecule has 4 aromatic heterocycles. The quantitative estimate of drug-likeness (QED) is 0.133. The molecule has 0 radical (unpaired) electrons. The van der Waals surface area contributed by atoms with Crippen LogP contribution in [0.3, 0.4) is 0 Å². The van der Waals surface area contributed by atoms with Crippen LogP contribution in [0.25, 0.3) is 79.5 Å². The Hall–Kier alpha value is -6.94. The molecule has 0 N–H and O–H groups in total. The number of benzene rings is 4. The standard InChI is InChI=1S/C47H42N10/c1-28(2)39-49-40(29(3)4)51-44(50-39)33-19-13-20-34(23-33)45-52-41(30(5)6)53-46(57-45)37-24-36(35-21-14-22-48-27-35)25-38(26-37)47-55-42(31-15-9-7-10-16-31)54-43(56-47)32-17-11-8-12-18-32/h7-30H,1-6H3. The lowest BCUT2D eigenvalue weighted by atomic mass is 9.99. The summed E-state index contributed by atoms with van der Waals surface area (Å²) in [4.78, 5) is 49.1. The van der Waals surface area contributed by atoms with Gasteiger partial charge in [0, 0.05) is 69.1 Å². The van der Waals surface area contributed by atoms with Crippen LogP contribution in [0, 0.1) is 0 Å². The molecule has 0 amide bonds. The van der Waals surface area contributed by atoms with Gasteiger partial charge in [-0.25, -0.2) is 44.9 Å². The van der Waals surface area contributed by atoms with Crippen LogP contribution >= 0.6 is 0 Å². The molecule has 0 saturated carbocycles. The monoisotopic (exact) mass is 746 g/mol. The highest BCUT2D eigenvalue weighted by molar-refractivity contribution is 5.79. The molecule has 57 heavy (non-hydrogen) atoms. The van der Waals surface area contributed by atoms with Crippen LogP contribution in [0.15, 0.2) is 128 Å². The Labute approximate surface area is 332 Å². The molecule has 0 fully saturated rings. The van der Waals surface area contributed by atoms with Gasteiger partial charge in [0.25, 0.3) is 0 Å². The van der Waals surface area contributed by atoms with Gasteiger partial charge >= 0.3 is 0 Å². The number of pyridine rings is 1. The van der Waals surface area contributed by atoms with Crippen molar-refractivity contribution < 1.29 is 0 Å². The van der Waals surface area contributed by atoms with Gasteiger partial charge in [-0.05, 0) is 35.9 Å². The minimum absolute atomic E-state index is 0.0331. The fraction of sp³-hybridized carbons (Fsp3) is 0.191. The lowest BCUT2D eigenvalue weighted by Gasteiger charge is -2.14. The Bertz CT molecular complexity index is 2580. The van der Waals surface area contributed by atoms with Crippen LogP contribution in [0.4, 0.5) is 0 Å². The molecule has 0 bridgehead atoms. The summed E-state index contributed by atoms with van der Waals surface area (Å²) in [6.07, 6.45) is 3.62. The molecule has 8 aromatic rings. The summed E-state index contributed by atoms with van der Waals surface area (Å²) in [7, 11) is 0. The molecule has 8 rings (SSSR count). The van der Waals surface area contributed by atoms with Crippen molar-refractivity contribution in [2.45, 2.75) is 59.3 Å². The maximum Gasteiger partial charge on any atom is 0.164 e. The highest BCUT2D eigenvalue weighted by atomic mass is 15.1. The number of hydrogen-bond donors (Lipinski definition) is 0. The molecule has 0 saturated heterocycles. The Morgan fingerprint density at radius 1 is 0.298 bits per heavy atom. The molecule has 10 heteroatoms. The Morgan fingerprint density at radius 2 is 0.649 bits per heavy atom. The van der Waals surface area contributed by atoms with Crippen molar-refractivity contribution in [2.75, 3.05) is 0 Å². The van der Waals surface area contributed by atoms with E-state index in [1.54, 1.807) is 6.20 Å². The SMILES string of the molecule is CC(C)c1nc(-c2cc(-c3cccnc3)cc(-c3nc(-c4ccccc4)nc(-c4ccccc4)n3)c2)nc(-c2cccc(-c3nc(C(C)C)nc(C(C)C)n3)c2)n1. The zero-order valence-corrected chi connectivity index (χ0v) is 32.8. The van der Waals surface area contributed by atoms with Crippen molar-refractivity contribution in [2.24, 2.45) is 0 Å². The Kier molecular flexibility index (Phi) is 10.4. The van der Waals surface area contributed by atoms with Gasteiger partial charge in [0.15, 0.2) is 34.9 Å². The second-order valence-corrected chi connectivity index (χ2v) is 14.8. The lowest BCUT2D eigenvalue weighted by molar-refractivity contribution is 0.697. The molecule has 0 aliphatic carbocycles. The van der Waals surface area contributed by atoms with E-state index in [1.807, 2.05) is 109 Å². The summed E-state index contributed by atoms with van der Waals surface area (Å²) < 4.78 is 0. The Morgan fingerprint density at radius 3 is 1.11 bits per heavy atom. The smallest absolute Gasteiger partial charge is 0.164 e. The highest BCUT2D eigenvalue weighted by Crippen LogP contribution is 2.34. The van der Waals surface area contributed by atoms with E-state index in [2.05, 4.69) is 58.7 Å². The second-order valence-electron chi connectivity index (χ2n) is 14.8. The predicted octanol–water partition coefficient (Wildman–Crippen LogP) is 10.7. The van der Waals surface area contributed by atoms with E-state index in [9.17, 15) is 0 Å². The molecule has 10 nitrogen and oxygen atoms in total. The molecular weight excluding hydrogens is 705 g/mol. The number of nitrogens with zero attached hydrogens (tertiary/aromatic N) is 10. The van der Waals surface area contributed by atoms with Gasteiger partial charge in [-0.2, -0.15) is 0 Å². The van der Waals surface area contributed by atoms with Crippen molar-refractivity contribution in [1.29, 1.82) is 0 Å². The van der Waals surface area contributed by atoms with Crippen LogP contribution in [0.5, 0.6) is 0 Å². The van der Waals surface area contributed by atoms with Crippen molar-refractivity contribution in [3.63, 3.8) is 0 Å². The predicted molar refractivity (Wildman–Crippen MR) is 225 cm³/mol. The van der Waals surface area contributed by atoms with E-state index in [1.165, 1.54) is 0 Å². The molecule has 0 atom stereocenters. The fourth-order valence-electron chi connectivity index (χ4n) is 6.28. The first-order valence-corrected chi connectivity index (χ1v) is 19.2. The molecule has 4 aromatic carbocycles.